The molecule has 0 aliphatic heterocycles. The molecule has 0 aliphatic rings. The SMILES string of the molecule is NC(CP(=O)(O)O)c1ccc(C(F)(F)F)cc1. The van der Waals surface area contributed by atoms with E-state index in [1.807, 2.05) is 0 Å². The van der Waals surface area contributed by atoms with E-state index in [1.165, 1.54) is 0 Å². The molecule has 1 aromatic carbocycles. The zero-order valence-corrected chi connectivity index (χ0v) is 9.45. The molecular formula is C9H11F3NO3P. The van der Waals surface area contributed by atoms with Crippen LogP contribution in [0.2, 0.25) is 0 Å². The Hall–Kier alpha value is -0.880. The van der Waals surface area contributed by atoms with Gasteiger partial charge in [-0.2, -0.15) is 13.2 Å². The first-order valence-electron chi connectivity index (χ1n) is 4.57. The maximum absolute atomic E-state index is 12.2. The van der Waals surface area contributed by atoms with Gasteiger partial charge in [0.1, 0.15) is 0 Å². The predicted octanol–water partition coefficient (Wildman–Crippen LogP) is 1.88. The van der Waals surface area contributed by atoms with Crippen LogP contribution in [-0.2, 0) is 10.7 Å². The van der Waals surface area contributed by atoms with Crippen molar-refractivity contribution >= 4 is 7.60 Å². The molecule has 1 aromatic rings. The van der Waals surface area contributed by atoms with Crippen LogP contribution >= 0.6 is 7.60 Å². The van der Waals surface area contributed by atoms with Crippen LogP contribution in [0.15, 0.2) is 24.3 Å². The summed E-state index contributed by atoms with van der Waals surface area (Å²) in [6, 6.07) is 2.90. The molecule has 0 aliphatic carbocycles. The van der Waals surface area contributed by atoms with E-state index in [4.69, 9.17) is 15.5 Å². The van der Waals surface area contributed by atoms with Crippen molar-refractivity contribution in [3.8, 4) is 0 Å². The molecule has 1 atom stereocenters. The third-order valence-electron chi connectivity index (χ3n) is 2.10. The molecule has 0 amide bonds. The highest BCUT2D eigenvalue weighted by Crippen LogP contribution is 2.38. The molecule has 0 saturated carbocycles. The first kappa shape index (κ1) is 14.2. The molecular weight excluding hydrogens is 258 g/mol. The summed E-state index contributed by atoms with van der Waals surface area (Å²) in [4.78, 5) is 17.4. The van der Waals surface area contributed by atoms with Crippen molar-refractivity contribution < 1.29 is 27.5 Å². The first-order chi connectivity index (χ1) is 7.59. The van der Waals surface area contributed by atoms with Crippen LogP contribution in [-0.4, -0.2) is 15.9 Å². The molecule has 8 heteroatoms. The van der Waals surface area contributed by atoms with E-state index in [2.05, 4.69) is 0 Å². The molecule has 0 fully saturated rings. The Morgan fingerprint density at radius 1 is 1.24 bits per heavy atom. The van der Waals surface area contributed by atoms with E-state index in [1.54, 1.807) is 0 Å². The van der Waals surface area contributed by atoms with Gasteiger partial charge in [0.25, 0.3) is 0 Å². The van der Waals surface area contributed by atoms with Gasteiger partial charge in [-0.15, -0.1) is 0 Å². The van der Waals surface area contributed by atoms with Crippen molar-refractivity contribution in [1.29, 1.82) is 0 Å². The van der Waals surface area contributed by atoms with Crippen LogP contribution in [0.5, 0.6) is 0 Å². The fourth-order valence-corrected chi connectivity index (χ4v) is 2.00. The summed E-state index contributed by atoms with van der Waals surface area (Å²) in [7, 11) is -4.28. The minimum absolute atomic E-state index is 0.251. The standard InChI is InChI=1S/C9H11F3NO3P/c10-9(11,12)7-3-1-6(2-4-7)8(13)5-17(14,15)16/h1-4,8H,5,13H2,(H2,14,15,16). The van der Waals surface area contributed by atoms with Crippen LogP contribution in [0.1, 0.15) is 17.2 Å². The van der Waals surface area contributed by atoms with Gasteiger partial charge < -0.3 is 15.5 Å². The Morgan fingerprint density at radius 3 is 2.06 bits per heavy atom. The maximum Gasteiger partial charge on any atom is 0.416 e. The predicted molar refractivity (Wildman–Crippen MR) is 55.3 cm³/mol. The topological polar surface area (TPSA) is 83.6 Å². The van der Waals surface area contributed by atoms with E-state index in [0.29, 0.717) is 0 Å². The summed E-state index contributed by atoms with van der Waals surface area (Å²) in [5.74, 6) is 0. The monoisotopic (exact) mass is 269 g/mol. The Morgan fingerprint density at radius 2 is 1.71 bits per heavy atom. The minimum atomic E-state index is -4.44. The molecule has 4 nitrogen and oxygen atoms in total. The average Bonchev–Trinajstić information content (AvgIpc) is 2.14. The van der Waals surface area contributed by atoms with Gasteiger partial charge in [0.15, 0.2) is 0 Å². The van der Waals surface area contributed by atoms with Crippen LogP contribution < -0.4 is 5.73 Å². The number of halogens is 3. The van der Waals surface area contributed by atoms with E-state index < -0.39 is 31.5 Å². The lowest BCUT2D eigenvalue weighted by molar-refractivity contribution is -0.137. The highest BCUT2D eigenvalue weighted by atomic mass is 31.2. The van der Waals surface area contributed by atoms with Crippen molar-refractivity contribution in [2.75, 3.05) is 6.16 Å². The Bertz CT molecular complexity index is 426. The van der Waals surface area contributed by atoms with Crippen molar-refractivity contribution in [3.63, 3.8) is 0 Å². The minimum Gasteiger partial charge on any atom is -0.324 e. The van der Waals surface area contributed by atoms with Crippen LogP contribution in [0.3, 0.4) is 0 Å². The summed E-state index contributed by atoms with van der Waals surface area (Å²) in [5.41, 5.74) is 4.89. The molecule has 0 saturated heterocycles. The van der Waals surface area contributed by atoms with Gasteiger partial charge in [-0.05, 0) is 17.7 Å². The summed E-state index contributed by atoms with van der Waals surface area (Å²) >= 11 is 0. The normalized spacial score (nSPS) is 14.7. The van der Waals surface area contributed by atoms with E-state index in [9.17, 15) is 17.7 Å². The Balaban J connectivity index is 2.85. The molecule has 1 unspecified atom stereocenters. The number of hydrogen-bond donors (Lipinski definition) is 3. The number of hydrogen-bond acceptors (Lipinski definition) is 2. The molecule has 0 bridgehead atoms. The molecule has 4 N–H and O–H groups in total. The Labute approximate surface area is 95.4 Å². The largest absolute Gasteiger partial charge is 0.416 e. The molecule has 1 rings (SSSR count). The van der Waals surface area contributed by atoms with E-state index in [-0.39, 0.29) is 5.56 Å². The van der Waals surface area contributed by atoms with E-state index in [0.717, 1.165) is 24.3 Å². The summed E-state index contributed by atoms with van der Waals surface area (Å²) in [5, 5.41) is 0. The summed E-state index contributed by atoms with van der Waals surface area (Å²) < 4.78 is 47.4. The van der Waals surface area contributed by atoms with Gasteiger partial charge in [-0.1, -0.05) is 12.1 Å². The second-order valence-corrected chi connectivity index (χ2v) is 5.27. The number of nitrogens with two attached hydrogens (primary N) is 1. The lowest BCUT2D eigenvalue weighted by atomic mass is 10.1. The molecule has 17 heavy (non-hydrogen) atoms. The number of benzene rings is 1. The average molecular weight is 269 g/mol. The number of alkyl halides is 3. The highest BCUT2D eigenvalue weighted by Gasteiger charge is 2.30. The van der Waals surface area contributed by atoms with Crippen LogP contribution in [0.4, 0.5) is 13.2 Å². The quantitative estimate of drug-likeness (QED) is 0.731. The fraction of sp³-hybridized carbons (Fsp3) is 0.333. The highest BCUT2D eigenvalue weighted by molar-refractivity contribution is 7.51. The van der Waals surface area contributed by atoms with Gasteiger partial charge in [0, 0.05) is 6.04 Å². The van der Waals surface area contributed by atoms with Gasteiger partial charge >= 0.3 is 13.8 Å². The van der Waals surface area contributed by atoms with Crippen molar-refractivity contribution in [3.05, 3.63) is 35.4 Å². The number of rotatable bonds is 3. The Kier molecular flexibility index (Phi) is 3.99. The first-order valence-corrected chi connectivity index (χ1v) is 6.36. The third kappa shape index (κ3) is 4.47. The van der Waals surface area contributed by atoms with Crippen molar-refractivity contribution in [2.45, 2.75) is 12.2 Å². The van der Waals surface area contributed by atoms with Crippen molar-refractivity contribution in [2.24, 2.45) is 5.73 Å². The fourth-order valence-electron chi connectivity index (χ4n) is 1.28. The van der Waals surface area contributed by atoms with Gasteiger partial charge in [-0.3, -0.25) is 4.57 Å². The van der Waals surface area contributed by atoms with Crippen LogP contribution in [0.25, 0.3) is 0 Å². The molecule has 96 valence electrons. The summed E-state index contributed by atoms with van der Waals surface area (Å²) in [6.45, 7) is 0. The zero-order chi connectivity index (χ0) is 13.3. The molecule has 0 aromatic heterocycles. The lowest BCUT2D eigenvalue weighted by Gasteiger charge is -2.14. The van der Waals surface area contributed by atoms with Crippen molar-refractivity contribution in [1.82, 2.24) is 0 Å². The van der Waals surface area contributed by atoms with Gasteiger partial charge in [-0.25, -0.2) is 0 Å². The maximum atomic E-state index is 12.2. The second-order valence-electron chi connectivity index (χ2n) is 3.57. The second kappa shape index (κ2) is 4.78. The summed E-state index contributed by atoms with van der Waals surface area (Å²) in [6.07, 6.45) is -5.04. The van der Waals surface area contributed by atoms with Gasteiger partial charge in [0.05, 0.1) is 11.7 Å². The molecule has 0 spiro atoms. The lowest BCUT2D eigenvalue weighted by Crippen LogP contribution is -2.15. The van der Waals surface area contributed by atoms with Gasteiger partial charge in [0.2, 0.25) is 0 Å². The zero-order valence-electron chi connectivity index (χ0n) is 8.55. The smallest absolute Gasteiger partial charge is 0.324 e. The van der Waals surface area contributed by atoms with E-state index >= 15 is 0 Å². The third-order valence-corrected chi connectivity index (χ3v) is 2.97. The van der Waals surface area contributed by atoms with Crippen LogP contribution in [0, 0.1) is 0 Å². The molecule has 0 radical (unpaired) electrons. The molecule has 0 heterocycles.